The van der Waals surface area contributed by atoms with Crippen LogP contribution >= 0.6 is 0 Å². The van der Waals surface area contributed by atoms with Crippen molar-refractivity contribution in [2.75, 3.05) is 51.9 Å². The molecule has 0 bridgehead atoms. The molecule has 3 aromatic rings. The Morgan fingerprint density at radius 3 is 2.65 bits per heavy atom. The van der Waals surface area contributed by atoms with E-state index < -0.39 is 0 Å². The maximum Gasteiger partial charge on any atom is 0.248 e. The van der Waals surface area contributed by atoms with E-state index in [0.717, 1.165) is 17.0 Å². The average molecular weight is 508 g/mol. The van der Waals surface area contributed by atoms with Crippen LogP contribution in [0.4, 0.5) is 5.82 Å². The molecule has 0 saturated carbocycles. The summed E-state index contributed by atoms with van der Waals surface area (Å²) in [6, 6.07) is 9.45. The first-order chi connectivity index (χ1) is 18.0. The average Bonchev–Trinajstić information content (AvgIpc) is 3.44. The van der Waals surface area contributed by atoms with Gasteiger partial charge < -0.3 is 24.6 Å². The predicted octanol–water partition coefficient (Wildman–Crippen LogP) is 1.39. The second kappa shape index (κ2) is 12.3. The highest BCUT2D eigenvalue weighted by atomic mass is 16.5. The summed E-state index contributed by atoms with van der Waals surface area (Å²) in [5.74, 6) is 1.85. The lowest BCUT2D eigenvalue weighted by Crippen LogP contribution is -2.57. The van der Waals surface area contributed by atoms with Crippen molar-refractivity contribution in [2.24, 2.45) is 0 Å². The molecule has 1 unspecified atom stereocenters. The van der Waals surface area contributed by atoms with Crippen LogP contribution in [0.25, 0.3) is 5.95 Å². The van der Waals surface area contributed by atoms with E-state index in [-0.39, 0.29) is 30.9 Å². The van der Waals surface area contributed by atoms with Crippen LogP contribution in [0.2, 0.25) is 0 Å². The molecule has 11 heteroatoms. The summed E-state index contributed by atoms with van der Waals surface area (Å²) in [6.07, 6.45) is 6.04. The van der Waals surface area contributed by atoms with Gasteiger partial charge in [0.2, 0.25) is 17.8 Å². The number of hydrogen-bond donors (Lipinski definition) is 1. The highest BCUT2D eigenvalue weighted by molar-refractivity contribution is 5.79. The van der Waals surface area contributed by atoms with Gasteiger partial charge in [0.25, 0.3) is 0 Å². The van der Waals surface area contributed by atoms with Gasteiger partial charge >= 0.3 is 0 Å². The second-order valence-corrected chi connectivity index (χ2v) is 8.91. The van der Waals surface area contributed by atoms with E-state index in [0.29, 0.717) is 44.4 Å². The van der Waals surface area contributed by atoms with E-state index in [4.69, 9.17) is 14.5 Å². The number of carbonyl (C=O) groups is 2. The maximum atomic E-state index is 13.0. The standard InChI is InChI=1S/C26H33N7O4/c1-19-14-23(30-26(29-19)32-11-10-27-18-32)33-13-12-31(25(35)17-36-2)16-21(33)15-24(34)28-9-8-20-4-6-22(37-3)7-5-20/h4-7,10-11,14,18,21H,8-9,12-13,15-17H2,1-3H3,(H,28,34). The van der Waals surface area contributed by atoms with Crippen molar-refractivity contribution in [1.82, 2.24) is 29.7 Å². The highest BCUT2D eigenvalue weighted by Crippen LogP contribution is 2.23. The number of nitrogens with zero attached hydrogens (tertiary/aromatic N) is 6. The molecule has 2 aromatic heterocycles. The Morgan fingerprint density at radius 2 is 1.95 bits per heavy atom. The van der Waals surface area contributed by atoms with Crippen molar-refractivity contribution in [3.8, 4) is 11.7 Å². The minimum atomic E-state index is -0.250. The number of carbonyl (C=O) groups excluding carboxylic acids is 2. The van der Waals surface area contributed by atoms with Crippen molar-refractivity contribution in [1.29, 1.82) is 0 Å². The van der Waals surface area contributed by atoms with Crippen LogP contribution in [0.5, 0.6) is 5.75 Å². The monoisotopic (exact) mass is 507 g/mol. The molecule has 3 heterocycles. The van der Waals surface area contributed by atoms with Gasteiger partial charge in [0, 0.05) is 63.9 Å². The van der Waals surface area contributed by atoms with Gasteiger partial charge in [-0.15, -0.1) is 0 Å². The first-order valence-electron chi connectivity index (χ1n) is 12.2. The summed E-state index contributed by atoms with van der Waals surface area (Å²) >= 11 is 0. The Bertz CT molecular complexity index is 1180. The zero-order valence-electron chi connectivity index (χ0n) is 21.5. The van der Waals surface area contributed by atoms with Crippen LogP contribution in [0.3, 0.4) is 0 Å². The third-order valence-electron chi connectivity index (χ3n) is 6.28. The third-order valence-corrected chi connectivity index (χ3v) is 6.28. The Morgan fingerprint density at radius 1 is 1.14 bits per heavy atom. The van der Waals surface area contributed by atoms with Gasteiger partial charge in [0.15, 0.2) is 0 Å². The van der Waals surface area contributed by atoms with E-state index in [1.807, 2.05) is 37.3 Å². The van der Waals surface area contributed by atoms with Gasteiger partial charge in [-0.25, -0.2) is 9.97 Å². The Kier molecular flexibility index (Phi) is 8.68. The number of aromatic nitrogens is 4. The van der Waals surface area contributed by atoms with E-state index >= 15 is 0 Å². The van der Waals surface area contributed by atoms with Crippen LogP contribution in [-0.4, -0.2) is 89.3 Å². The molecule has 1 fully saturated rings. The van der Waals surface area contributed by atoms with Gasteiger partial charge in [-0.2, -0.15) is 4.98 Å². The van der Waals surface area contributed by atoms with Gasteiger partial charge in [-0.3, -0.25) is 14.2 Å². The number of piperazine rings is 1. The van der Waals surface area contributed by atoms with Crippen molar-refractivity contribution in [2.45, 2.75) is 25.8 Å². The van der Waals surface area contributed by atoms with Crippen LogP contribution in [-0.2, 0) is 20.7 Å². The number of imidazole rings is 1. The molecule has 11 nitrogen and oxygen atoms in total. The molecular weight excluding hydrogens is 474 g/mol. The van der Waals surface area contributed by atoms with Crippen molar-refractivity contribution < 1.29 is 19.1 Å². The van der Waals surface area contributed by atoms with E-state index in [2.05, 4.69) is 20.2 Å². The van der Waals surface area contributed by atoms with Gasteiger partial charge in [0.05, 0.1) is 13.2 Å². The molecule has 1 atom stereocenters. The molecule has 0 aliphatic carbocycles. The number of benzene rings is 1. The van der Waals surface area contributed by atoms with Crippen LogP contribution in [0.15, 0.2) is 49.1 Å². The molecule has 1 N–H and O–H groups in total. The molecule has 196 valence electrons. The lowest BCUT2D eigenvalue weighted by atomic mass is 10.1. The van der Waals surface area contributed by atoms with E-state index in [1.165, 1.54) is 7.11 Å². The fourth-order valence-electron chi connectivity index (χ4n) is 4.37. The van der Waals surface area contributed by atoms with Gasteiger partial charge in [-0.05, 0) is 31.0 Å². The number of anilines is 1. The Balaban J connectivity index is 1.46. The van der Waals surface area contributed by atoms with Crippen LogP contribution in [0.1, 0.15) is 17.7 Å². The predicted molar refractivity (Wildman–Crippen MR) is 138 cm³/mol. The summed E-state index contributed by atoms with van der Waals surface area (Å²) in [6.45, 7) is 3.89. The number of aryl methyl sites for hydroxylation is 1. The van der Waals surface area contributed by atoms with Gasteiger partial charge in [-0.1, -0.05) is 12.1 Å². The number of amides is 2. The fraction of sp³-hybridized carbons (Fsp3) is 0.423. The zero-order valence-corrected chi connectivity index (χ0v) is 21.5. The first-order valence-corrected chi connectivity index (χ1v) is 12.2. The van der Waals surface area contributed by atoms with Crippen LogP contribution < -0.4 is 15.0 Å². The molecule has 0 spiro atoms. The lowest BCUT2D eigenvalue weighted by molar-refractivity contribution is -0.136. The first kappa shape index (κ1) is 26.1. The molecule has 1 aromatic carbocycles. The van der Waals surface area contributed by atoms with Crippen molar-refractivity contribution in [3.63, 3.8) is 0 Å². The highest BCUT2D eigenvalue weighted by Gasteiger charge is 2.32. The molecular formula is C26H33N7O4. The smallest absolute Gasteiger partial charge is 0.248 e. The molecule has 2 amide bonds. The largest absolute Gasteiger partial charge is 0.497 e. The minimum absolute atomic E-state index is 0.0121. The number of nitrogens with one attached hydrogen (secondary N) is 1. The molecule has 0 radical (unpaired) electrons. The number of ether oxygens (including phenoxy) is 2. The molecule has 1 aliphatic heterocycles. The second-order valence-electron chi connectivity index (χ2n) is 8.91. The Hall–Kier alpha value is -3.99. The van der Waals surface area contributed by atoms with E-state index in [9.17, 15) is 9.59 Å². The SMILES string of the molecule is COCC(=O)N1CCN(c2cc(C)nc(-n3ccnc3)n2)C(CC(=O)NCCc2ccc(OC)cc2)C1. The molecule has 37 heavy (non-hydrogen) atoms. The summed E-state index contributed by atoms with van der Waals surface area (Å²) in [5, 5.41) is 3.02. The van der Waals surface area contributed by atoms with Crippen molar-refractivity contribution in [3.05, 3.63) is 60.3 Å². The molecule has 4 rings (SSSR count). The zero-order chi connectivity index (χ0) is 26.2. The summed E-state index contributed by atoms with van der Waals surface area (Å²) in [4.78, 5) is 42.7. The topological polar surface area (TPSA) is 115 Å². The third kappa shape index (κ3) is 6.82. The quantitative estimate of drug-likeness (QED) is 0.438. The summed E-state index contributed by atoms with van der Waals surface area (Å²) in [5.41, 5.74) is 1.91. The minimum Gasteiger partial charge on any atom is -0.497 e. The fourth-order valence-corrected chi connectivity index (χ4v) is 4.37. The maximum absolute atomic E-state index is 13.0. The summed E-state index contributed by atoms with van der Waals surface area (Å²) < 4.78 is 12.0. The Labute approximate surface area is 216 Å². The van der Waals surface area contributed by atoms with Gasteiger partial charge in [0.1, 0.15) is 24.5 Å². The summed E-state index contributed by atoms with van der Waals surface area (Å²) in [7, 11) is 3.14. The normalized spacial score (nSPS) is 15.5. The molecule has 1 aliphatic rings. The lowest BCUT2D eigenvalue weighted by Gasteiger charge is -2.42. The molecule has 1 saturated heterocycles. The number of rotatable bonds is 10. The van der Waals surface area contributed by atoms with Crippen molar-refractivity contribution >= 4 is 17.6 Å². The van der Waals surface area contributed by atoms with Crippen LogP contribution in [0, 0.1) is 6.92 Å². The number of methoxy groups -OCH3 is 2. The van der Waals surface area contributed by atoms with E-state index in [1.54, 1.807) is 35.3 Å². The number of hydrogen-bond acceptors (Lipinski definition) is 8.